The molecule has 3 aliphatic heterocycles. The molecule has 9 heteroatoms. The van der Waals surface area contributed by atoms with E-state index in [1.165, 1.54) is 36.5 Å². The van der Waals surface area contributed by atoms with Crippen LogP contribution in [-0.2, 0) is 31.3 Å². The highest BCUT2D eigenvalue weighted by atomic mass is 28.4. The van der Waals surface area contributed by atoms with Gasteiger partial charge >= 0.3 is 12.2 Å². The third kappa shape index (κ3) is 3.52. The van der Waals surface area contributed by atoms with Crippen molar-refractivity contribution in [1.82, 2.24) is 9.80 Å². The van der Waals surface area contributed by atoms with Crippen molar-refractivity contribution in [1.29, 1.82) is 0 Å². The van der Waals surface area contributed by atoms with Crippen molar-refractivity contribution in [2.24, 2.45) is 0 Å². The number of anilines is 1. The fourth-order valence-electron chi connectivity index (χ4n) is 8.33. The second-order valence-electron chi connectivity index (χ2n) is 11.7. The van der Waals surface area contributed by atoms with Crippen LogP contribution in [0, 0.1) is 0 Å². The molecular formula is C31H41N3O5Si. The van der Waals surface area contributed by atoms with Gasteiger partial charge < -0.3 is 24.1 Å². The van der Waals surface area contributed by atoms with Gasteiger partial charge in [-0.15, -0.1) is 0 Å². The third-order valence-corrected chi connectivity index (χ3v) is 15.2. The fourth-order valence-corrected chi connectivity index (χ4v) is 11.4. The molecule has 4 atom stereocenters. The van der Waals surface area contributed by atoms with E-state index < -0.39 is 19.3 Å². The van der Waals surface area contributed by atoms with Gasteiger partial charge in [0.25, 0.3) is 0 Å². The Bertz CT molecular complexity index is 1320. The maximum atomic E-state index is 13.1. The lowest BCUT2D eigenvalue weighted by Gasteiger charge is -2.42. The third-order valence-electron chi connectivity index (χ3n) is 10.5. The summed E-state index contributed by atoms with van der Waals surface area (Å²) in [6.07, 6.45) is 1.38. The van der Waals surface area contributed by atoms with Crippen LogP contribution in [0.2, 0.25) is 18.1 Å². The number of rotatable bonds is 6. The van der Waals surface area contributed by atoms with E-state index in [0.29, 0.717) is 19.5 Å². The average molecular weight is 564 g/mol. The number of hydrogen-bond acceptors (Lipinski definition) is 6. The Morgan fingerprint density at radius 3 is 2.20 bits per heavy atom. The summed E-state index contributed by atoms with van der Waals surface area (Å²) in [6, 6.07) is 18.0. The maximum Gasteiger partial charge on any atom is 0.411 e. The molecule has 40 heavy (non-hydrogen) atoms. The first-order valence-electron chi connectivity index (χ1n) is 14.7. The largest absolute Gasteiger partial charge is 0.453 e. The van der Waals surface area contributed by atoms with Gasteiger partial charge in [-0.05, 0) is 65.7 Å². The molecule has 0 spiro atoms. The van der Waals surface area contributed by atoms with Crippen molar-refractivity contribution in [2.75, 3.05) is 32.6 Å². The van der Waals surface area contributed by atoms with Gasteiger partial charge in [-0.25, -0.2) is 9.59 Å². The molecule has 0 saturated carbocycles. The van der Waals surface area contributed by atoms with Crippen LogP contribution in [0.1, 0.15) is 55.9 Å². The van der Waals surface area contributed by atoms with E-state index in [9.17, 15) is 9.59 Å². The molecule has 2 aromatic rings. The minimum absolute atomic E-state index is 0.120. The van der Waals surface area contributed by atoms with E-state index in [-0.39, 0.29) is 24.4 Å². The summed E-state index contributed by atoms with van der Waals surface area (Å²) in [5.74, 6) is 0. The molecule has 4 aliphatic rings. The number of likely N-dealkylation sites (tertiary alicyclic amines) is 2. The minimum atomic E-state index is -2.05. The molecule has 3 heterocycles. The molecule has 2 aromatic carbocycles. The van der Waals surface area contributed by atoms with Crippen LogP contribution in [0.4, 0.5) is 15.3 Å². The van der Waals surface area contributed by atoms with E-state index in [1.807, 2.05) is 15.9 Å². The second kappa shape index (κ2) is 9.80. The number of nitrogens with zero attached hydrogens (tertiary/aromatic N) is 2. The number of fused-ring (bicyclic) bond motifs is 6. The van der Waals surface area contributed by atoms with Gasteiger partial charge in [-0.2, -0.15) is 0 Å². The molecule has 0 aromatic heterocycles. The predicted octanol–water partition coefficient (Wildman–Crippen LogP) is 5.81. The highest BCUT2D eigenvalue weighted by Gasteiger charge is 2.62. The smallest absolute Gasteiger partial charge is 0.411 e. The van der Waals surface area contributed by atoms with Crippen molar-refractivity contribution >= 4 is 26.2 Å². The van der Waals surface area contributed by atoms with Crippen LogP contribution < -0.4 is 5.32 Å². The SMILES string of the molecule is CC[Si](CC)(CC)O[C@]12CCN(C(=O)OC)C1Cc1c([C@]34CCN(C(=O)OC)C3Nc3ccccc34)cccc12. The fraction of sp³-hybridized carbons (Fsp3) is 0.548. The molecule has 6 rings (SSSR count). The van der Waals surface area contributed by atoms with Crippen molar-refractivity contribution in [3.63, 3.8) is 0 Å². The average Bonchev–Trinajstić information content (AvgIpc) is 3.71. The molecule has 1 N–H and O–H groups in total. The Morgan fingerprint density at radius 2 is 1.50 bits per heavy atom. The Morgan fingerprint density at radius 1 is 0.875 bits per heavy atom. The van der Waals surface area contributed by atoms with E-state index in [4.69, 9.17) is 13.9 Å². The second-order valence-corrected chi connectivity index (χ2v) is 16.4. The zero-order valence-electron chi connectivity index (χ0n) is 24.3. The van der Waals surface area contributed by atoms with Crippen molar-refractivity contribution in [3.8, 4) is 0 Å². The van der Waals surface area contributed by atoms with Crippen LogP contribution in [0.3, 0.4) is 0 Å². The highest BCUT2D eigenvalue weighted by molar-refractivity contribution is 6.73. The zero-order valence-corrected chi connectivity index (χ0v) is 25.3. The lowest BCUT2D eigenvalue weighted by atomic mass is 9.71. The van der Waals surface area contributed by atoms with Gasteiger partial charge in [-0.1, -0.05) is 57.2 Å². The summed E-state index contributed by atoms with van der Waals surface area (Å²) in [7, 11) is 0.860. The Labute approximate surface area is 238 Å². The number of carbonyl (C=O) groups is 2. The highest BCUT2D eigenvalue weighted by Crippen LogP contribution is 2.58. The number of hydrogen-bond donors (Lipinski definition) is 1. The number of para-hydroxylation sites is 1. The number of carbonyl (C=O) groups excluding carboxylic acids is 2. The van der Waals surface area contributed by atoms with Gasteiger partial charge in [0.1, 0.15) is 11.8 Å². The Balaban J connectivity index is 1.54. The Kier molecular flexibility index (Phi) is 6.65. The molecule has 0 radical (unpaired) electrons. The van der Waals surface area contributed by atoms with Crippen LogP contribution in [0.25, 0.3) is 0 Å². The van der Waals surface area contributed by atoms with Crippen LogP contribution in [0.5, 0.6) is 0 Å². The molecule has 2 unspecified atom stereocenters. The first-order valence-corrected chi connectivity index (χ1v) is 17.3. The predicted molar refractivity (Wildman–Crippen MR) is 156 cm³/mol. The maximum absolute atomic E-state index is 13.1. The van der Waals surface area contributed by atoms with E-state index in [0.717, 1.165) is 36.7 Å². The van der Waals surface area contributed by atoms with Crippen molar-refractivity contribution < 1.29 is 23.5 Å². The number of methoxy groups -OCH3 is 2. The standard InChI is InChI=1S/C31H41N3O5Si/c1-6-40(7-2,8-3)39-31-17-19-33(28(35)37-4)26(31)20-21-22(13-11-14-23(21)31)30-16-18-34(29(36)38-5)27(30)32-25-15-10-9-12-24(25)30/h9-15,26-27,32H,6-8,16-20H2,1-5H3/t26?,27?,30-,31-/m0/s1. The normalized spacial score (nSPS) is 28.0. The first-order chi connectivity index (χ1) is 19.3. The topological polar surface area (TPSA) is 80.3 Å². The summed E-state index contributed by atoms with van der Waals surface area (Å²) < 4.78 is 17.9. The molecule has 1 aliphatic carbocycles. The molecule has 8 nitrogen and oxygen atoms in total. The van der Waals surface area contributed by atoms with Crippen LogP contribution in [-0.4, -0.2) is 69.8 Å². The number of nitrogens with one attached hydrogen (secondary N) is 1. The number of amides is 2. The van der Waals surface area contributed by atoms with Crippen molar-refractivity contribution in [2.45, 2.75) is 81.4 Å². The minimum Gasteiger partial charge on any atom is -0.453 e. The summed E-state index contributed by atoms with van der Waals surface area (Å²) in [6.45, 7) is 7.99. The molecule has 0 bridgehead atoms. The molecule has 2 amide bonds. The van der Waals surface area contributed by atoms with E-state index in [1.54, 1.807) is 0 Å². The van der Waals surface area contributed by atoms with Crippen LogP contribution >= 0.6 is 0 Å². The lowest BCUT2D eigenvalue weighted by Crippen LogP contribution is -2.51. The lowest BCUT2D eigenvalue weighted by molar-refractivity contribution is 0.0250. The van der Waals surface area contributed by atoms with Gasteiger partial charge in [0, 0.05) is 18.8 Å². The van der Waals surface area contributed by atoms with Gasteiger partial charge in [0.15, 0.2) is 8.32 Å². The first kappa shape index (κ1) is 27.1. The summed E-state index contributed by atoms with van der Waals surface area (Å²) in [4.78, 5) is 29.7. The summed E-state index contributed by atoms with van der Waals surface area (Å²) >= 11 is 0. The zero-order chi connectivity index (χ0) is 28.3. The summed E-state index contributed by atoms with van der Waals surface area (Å²) in [5.41, 5.74) is 4.96. The monoisotopic (exact) mass is 563 g/mol. The molecular weight excluding hydrogens is 522 g/mol. The van der Waals surface area contributed by atoms with Gasteiger partial charge in [-0.3, -0.25) is 4.90 Å². The number of benzene rings is 2. The van der Waals surface area contributed by atoms with Crippen LogP contribution in [0.15, 0.2) is 42.5 Å². The van der Waals surface area contributed by atoms with Gasteiger partial charge in [0.05, 0.1) is 25.7 Å². The van der Waals surface area contributed by atoms with Gasteiger partial charge in [0.2, 0.25) is 0 Å². The van der Waals surface area contributed by atoms with Crippen molar-refractivity contribution in [3.05, 3.63) is 64.7 Å². The molecule has 2 saturated heterocycles. The quantitative estimate of drug-likeness (QED) is 0.447. The molecule has 2 fully saturated rings. The Hall–Kier alpha value is -3.04. The molecule has 214 valence electrons. The number of ether oxygens (including phenoxy) is 2. The van der Waals surface area contributed by atoms with E-state index in [2.05, 4.69) is 62.5 Å². The summed E-state index contributed by atoms with van der Waals surface area (Å²) in [5, 5.41) is 3.67. The van der Waals surface area contributed by atoms with E-state index >= 15 is 0 Å².